The average Bonchev–Trinajstić information content (AvgIpc) is 3.16. The van der Waals surface area contributed by atoms with Crippen LogP contribution in [0.15, 0.2) is 53.9 Å². The van der Waals surface area contributed by atoms with Crippen molar-refractivity contribution in [2.45, 2.75) is 0 Å². The highest BCUT2D eigenvalue weighted by atomic mass is 32.1. The van der Waals surface area contributed by atoms with E-state index in [0.717, 1.165) is 17.1 Å². The van der Waals surface area contributed by atoms with Crippen molar-refractivity contribution in [2.24, 2.45) is 0 Å². The van der Waals surface area contributed by atoms with Gasteiger partial charge in [0.2, 0.25) is 0 Å². The lowest BCUT2D eigenvalue weighted by Crippen LogP contribution is -2.09. The smallest absolute Gasteiger partial charge is 0.355 e. The second-order valence-electron chi connectivity index (χ2n) is 5.21. The topological polar surface area (TPSA) is 77.9 Å². The minimum absolute atomic E-state index is 0.0302. The molecule has 0 atom stereocenters. The van der Waals surface area contributed by atoms with Crippen molar-refractivity contribution in [1.29, 1.82) is 0 Å². The molecule has 0 aliphatic heterocycles. The van der Waals surface area contributed by atoms with E-state index in [4.69, 9.17) is 19.3 Å². The molecular formula is C19H17NO5S. The minimum atomic E-state index is -1.04. The Hall–Kier alpha value is -3.06. The molecule has 0 unspecified atom stereocenters. The summed E-state index contributed by atoms with van der Waals surface area (Å²) in [5.74, 6) is 1.09. The number of ether oxygens (including phenoxy) is 3. The predicted molar refractivity (Wildman–Crippen MR) is 98.5 cm³/mol. The SMILES string of the molecule is COc1ccc(OCCOc2ccccc2-c2nc(C(=O)O)cs2)cc1. The molecule has 134 valence electrons. The summed E-state index contributed by atoms with van der Waals surface area (Å²) >= 11 is 1.27. The zero-order chi connectivity index (χ0) is 18.4. The molecule has 0 saturated carbocycles. The maximum absolute atomic E-state index is 11.0. The van der Waals surface area contributed by atoms with Crippen molar-refractivity contribution < 1.29 is 24.1 Å². The number of carboxylic acids is 1. The number of hydrogen-bond donors (Lipinski definition) is 1. The van der Waals surface area contributed by atoms with Gasteiger partial charge < -0.3 is 19.3 Å². The van der Waals surface area contributed by atoms with E-state index in [9.17, 15) is 4.79 Å². The number of benzene rings is 2. The third-order valence-corrected chi connectivity index (χ3v) is 4.39. The molecule has 0 aliphatic rings. The molecule has 3 rings (SSSR count). The fourth-order valence-electron chi connectivity index (χ4n) is 2.25. The van der Waals surface area contributed by atoms with E-state index < -0.39 is 5.97 Å². The Bertz CT molecular complexity index is 876. The number of carbonyl (C=O) groups is 1. The number of nitrogens with zero attached hydrogens (tertiary/aromatic N) is 1. The zero-order valence-corrected chi connectivity index (χ0v) is 14.9. The van der Waals surface area contributed by atoms with Crippen molar-refractivity contribution >= 4 is 17.3 Å². The summed E-state index contributed by atoms with van der Waals surface area (Å²) in [5, 5.41) is 11.1. The fourth-order valence-corrected chi connectivity index (χ4v) is 3.07. The van der Waals surface area contributed by atoms with Gasteiger partial charge in [0.1, 0.15) is 35.5 Å². The molecule has 3 aromatic rings. The fraction of sp³-hybridized carbons (Fsp3) is 0.158. The molecule has 2 aromatic carbocycles. The second-order valence-corrected chi connectivity index (χ2v) is 6.07. The number of hydrogen-bond acceptors (Lipinski definition) is 6. The lowest BCUT2D eigenvalue weighted by molar-refractivity contribution is 0.0691. The van der Waals surface area contributed by atoms with Crippen molar-refractivity contribution in [3.05, 3.63) is 59.6 Å². The van der Waals surface area contributed by atoms with Crippen LogP contribution in [0.3, 0.4) is 0 Å². The van der Waals surface area contributed by atoms with Crippen LogP contribution in [0.2, 0.25) is 0 Å². The maximum Gasteiger partial charge on any atom is 0.355 e. The number of carboxylic acid groups (broad SMARTS) is 1. The molecule has 0 bridgehead atoms. The molecule has 0 fully saturated rings. The van der Waals surface area contributed by atoms with Gasteiger partial charge >= 0.3 is 5.97 Å². The molecule has 7 heteroatoms. The number of para-hydroxylation sites is 1. The van der Waals surface area contributed by atoms with Crippen LogP contribution in [0.5, 0.6) is 17.2 Å². The molecule has 0 aliphatic carbocycles. The number of aromatic nitrogens is 1. The van der Waals surface area contributed by atoms with Crippen LogP contribution >= 0.6 is 11.3 Å². The molecule has 6 nitrogen and oxygen atoms in total. The average molecular weight is 371 g/mol. The van der Waals surface area contributed by atoms with E-state index in [0.29, 0.717) is 24.0 Å². The molecule has 0 spiro atoms. The highest BCUT2D eigenvalue weighted by molar-refractivity contribution is 7.13. The first-order valence-corrected chi connectivity index (χ1v) is 8.73. The summed E-state index contributed by atoms with van der Waals surface area (Å²) in [7, 11) is 1.61. The maximum atomic E-state index is 11.0. The molecule has 1 aromatic heterocycles. The Morgan fingerprint density at radius 1 is 1.04 bits per heavy atom. The van der Waals surface area contributed by atoms with E-state index in [2.05, 4.69) is 4.98 Å². The van der Waals surface area contributed by atoms with Crippen LogP contribution in [-0.4, -0.2) is 36.4 Å². The van der Waals surface area contributed by atoms with Gasteiger partial charge in [-0.2, -0.15) is 0 Å². The summed E-state index contributed by atoms with van der Waals surface area (Å²) in [4.78, 5) is 15.1. The highest BCUT2D eigenvalue weighted by Crippen LogP contribution is 2.32. The van der Waals surface area contributed by atoms with E-state index in [-0.39, 0.29) is 5.69 Å². The summed E-state index contributed by atoms with van der Waals surface area (Å²) in [6.07, 6.45) is 0. The Morgan fingerprint density at radius 2 is 1.73 bits per heavy atom. The van der Waals surface area contributed by atoms with E-state index in [1.165, 1.54) is 16.7 Å². The number of aromatic carboxylic acids is 1. The highest BCUT2D eigenvalue weighted by Gasteiger charge is 2.13. The van der Waals surface area contributed by atoms with Gasteiger partial charge in [-0.05, 0) is 36.4 Å². The monoisotopic (exact) mass is 371 g/mol. The minimum Gasteiger partial charge on any atom is -0.497 e. The lowest BCUT2D eigenvalue weighted by Gasteiger charge is -2.11. The standard InChI is InChI=1S/C19H17NO5S/c1-23-13-6-8-14(9-7-13)24-10-11-25-17-5-3-2-4-15(17)18-20-16(12-26-18)19(21)22/h2-9,12H,10-11H2,1H3,(H,21,22). The lowest BCUT2D eigenvalue weighted by atomic mass is 10.2. The number of rotatable bonds is 8. The Labute approximate surface area is 154 Å². The zero-order valence-electron chi connectivity index (χ0n) is 14.0. The molecule has 1 heterocycles. The van der Waals surface area contributed by atoms with Gasteiger partial charge in [0, 0.05) is 5.38 Å². The number of thiazole rings is 1. The van der Waals surface area contributed by atoms with Crippen molar-refractivity contribution in [3.63, 3.8) is 0 Å². The predicted octanol–water partition coefficient (Wildman–Crippen LogP) is 3.97. The van der Waals surface area contributed by atoms with Gasteiger partial charge in [0.25, 0.3) is 0 Å². The molecule has 0 amide bonds. The van der Waals surface area contributed by atoms with Gasteiger partial charge in [0.15, 0.2) is 5.69 Å². The van der Waals surface area contributed by atoms with Crippen LogP contribution in [0.25, 0.3) is 10.6 Å². The largest absolute Gasteiger partial charge is 0.497 e. The molecule has 26 heavy (non-hydrogen) atoms. The van der Waals surface area contributed by atoms with E-state index >= 15 is 0 Å². The van der Waals surface area contributed by atoms with Gasteiger partial charge in [-0.15, -0.1) is 11.3 Å². The Morgan fingerprint density at radius 3 is 2.42 bits per heavy atom. The Balaban J connectivity index is 1.60. The van der Waals surface area contributed by atoms with Crippen LogP contribution in [-0.2, 0) is 0 Å². The van der Waals surface area contributed by atoms with Gasteiger partial charge in [0.05, 0.1) is 12.7 Å². The van der Waals surface area contributed by atoms with Crippen molar-refractivity contribution in [2.75, 3.05) is 20.3 Å². The quantitative estimate of drug-likeness (QED) is 0.604. The Kier molecular flexibility index (Phi) is 5.70. The molecular weight excluding hydrogens is 354 g/mol. The van der Waals surface area contributed by atoms with Crippen molar-refractivity contribution in [3.8, 4) is 27.8 Å². The summed E-state index contributed by atoms with van der Waals surface area (Å²) in [6.45, 7) is 0.721. The molecule has 1 N–H and O–H groups in total. The third kappa shape index (κ3) is 4.31. The first-order chi connectivity index (χ1) is 12.7. The van der Waals surface area contributed by atoms with E-state index in [1.807, 2.05) is 48.5 Å². The first kappa shape index (κ1) is 17.8. The first-order valence-electron chi connectivity index (χ1n) is 7.85. The molecule has 0 radical (unpaired) electrons. The van der Waals surface area contributed by atoms with Crippen LogP contribution in [0.4, 0.5) is 0 Å². The van der Waals surface area contributed by atoms with Gasteiger partial charge in [-0.3, -0.25) is 0 Å². The summed E-state index contributed by atoms with van der Waals surface area (Å²) < 4.78 is 16.5. The van der Waals surface area contributed by atoms with Crippen LogP contribution in [0, 0.1) is 0 Å². The van der Waals surface area contributed by atoms with E-state index in [1.54, 1.807) is 7.11 Å². The van der Waals surface area contributed by atoms with Gasteiger partial charge in [-0.25, -0.2) is 9.78 Å². The van der Waals surface area contributed by atoms with Crippen molar-refractivity contribution in [1.82, 2.24) is 4.98 Å². The van der Waals surface area contributed by atoms with Crippen LogP contribution < -0.4 is 14.2 Å². The normalized spacial score (nSPS) is 10.3. The second kappa shape index (κ2) is 8.35. The molecule has 0 saturated heterocycles. The van der Waals surface area contributed by atoms with Crippen LogP contribution in [0.1, 0.15) is 10.5 Å². The number of methoxy groups -OCH3 is 1. The summed E-state index contributed by atoms with van der Waals surface area (Å²) in [5.41, 5.74) is 0.789. The van der Waals surface area contributed by atoms with Gasteiger partial charge in [-0.1, -0.05) is 12.1 Å². The third-order valence-electron chi connectivity index (χ3n) is 3.51. The summed E-state index contributed by atoms with van der Waals surface area (Å²) in [6, 6.07) is 14.7.